The van der Waals surface area contributed by atoms with Crippen molar-refractivity contribution >= 4 is 17.4 Å². The van der Waals surface area contributed by atoms with Gasteiger partial charge in [-0.3, -0.25) is 4.79 Å². The molecule has 0 saturated heterocycles. The fourth-order valence-electron chi connectivity index (χ4n) is 0.880. The first-order valence-electron chi connectivity index (χ1n) is 4.19. The molecule has 1 amide bonds. The van der Waals surface area contributed by atoms with Crippen molar-refractivity contribution in [2.24, 2.45) is 5.92 Å². The number of hydrogen-bond acceptors (Lipinski definition) is 4. The maximum Gasteiger partial charge on any atom is 0.273 e. The van der Waals surface area contributed by atoms with E-state index in [0.717, 1.165) is 11.5 Å². The predicted molar refractivity (Wildman–Crippen MR) is 54.8 cm³/mol. The summed E-state index contributed by atoms with van der Waals surface area (Å²) in [4.78, 5) is 11.5. The Morgan fingerprint density at radius 1 is 1.71 bits per heavy atom. The number of nitrogens with one attached hydrogen (secondary N) is 1. The minimum atomic E-state index is -0.268. The van der Waals surface area contributed by atoms with Crippen LogP contribution < -0.4 is 5.32 Å². The zero-order chi connectivity index (χ0) is 10.6. The number of aromatic nitrogens is 2. The molecule has 1 heterocycles. The summed E-state index contributed by atoms with van der Waals surface area (Å²) in [7, 11) is 0. The maximum absolute atomic E-state index is 11.5. The number of carbonyl (C=O) groups excluding carboxylic acids is 1. The summed E-state index contributed by atoms with van der Waals surface area (Å²) in [5.41, 5.74) is 0.316. The fraction of sp³-hybridized carbons (Fsp3) is 0.444. The Balaban J connectivity index is 2.61. The molecule has 0 aromatic carbocycles. The highest BCUT2D eigenvalue weighted by atomic mass is 32.1. The van der Waals surface area contributed by atoms with Crippen molar-refractivity contribution < 1.29 is 4.79 Å². The highest BCUT2D eigenvalue weighted by molar-refractivity contribution is 7.03. The average molecular weight is 209 g/mol. The zero-order valence-electron chi connectivity index (χ0n) is 8.02. The van der Waals surface area contributed by atoms with Crippen LogP contribution in [0.4, 0.5) is 0 Å². The van der Waals surface area contributed by atoms with E-state index >= 15 is 0 Å². The fourth-order valence-corrected chi connectivity index (χ4v) is 1.32. The van der Waals surface area contributed by atoms with Gasteiger partial charge in [0.15, 0.2) is 5.69 Å². The monoisotopic (exact) mass is 209 g/mol. The summed E-state index contributed by atoms with van der Waals surface area (Å²) in [6.07, 6.45) is 5.28. The van der Waals surface area contributed by atoms with Gasteiger partial charge in [0.1, 0.15) is 0 Å². The molecule has 0 radical (unpaired) electrons. The molecule has 1 N–H and O–H groups in total. The summed E-state index contributed by atoms with van der Waals surface area (Å²) in [5.74, 6) is 2.45. The van der Waals surface area contributed by atoms with Crippen LogP contribution in [0.2, 0.25) is 0 Å². The largest absolute Gasteiger partial charge is 0.337 e. The van der Waals surface area contributed by atoms with Gasteiger partial charge in [0.05, 0.1) is 6.04 Å². The lowest BCUT2D eigenvalue weighted by Crippen LogP contribution is -2.37. The summed E-state index contributed by atoms with van der Waals surface area (Å²) in [6, 6.07) is -0.260. The molecule has 4 nitrogen and oxygen atoms in total. The first kappa shape index (κ1) is 10.7. The third-order valence-corrected chi connectivity index (χ3v) is 2.23. The van der Waals surface area contributed by atoms with Gasteiger partial charge < -0.3 is 5.32 Å². The third kappa shape index (κ3) is 2.54. The van der Waals surface area contributed by atoms with Gasteiger partial charge in [-0.25, -0.2) is 0 Å². The topological polar surface area (TPSA) is 54.9 Å². The molecule has 1 atom stereocenters. The first-order chi connectivity index (χ1) is 6.65. The summed E-state index contributed by atoms with van der Waals surface area (Å²) in [6.45, 7) is 3.90. The molecule has 14 heavy (non-hydrogen) atoms. The SMILES string of the molecule is C#CC(NC(=O)c1csnn1)C(C)C. The molecule has 0 aliphatic carbocycles. The molecule has 0 aliphatic rings. The van der Waals surface area contributed by atoms with Crippen LogP contribution in [-0.4, -0.2) is 21.5 Å². The highest BCUT2D eigenvalue weighted by Gasteiger charge is 2.15. The molecule has 74 valence electrons. The van der Waals surface area contributed by atoms with Gasteiger partial charge in [-0.2, -0.15) is 0 Å². The second-order valence-corrected chi connectivity index (χ2v) is 3.76. The summed E-state index contributed by atoms with van der Waals surface area (Å²) in [5, 5.41) is 7.93. The van der Waals surface area contributed by atoms with Crippen LogP contribution in [0.1, 0.15) is 24.3 Å². The molecular formula is C9H11N3OS. The molecule has 0 aliphatic heterocycles. The Bertz CT molecular complexity index is 339. The van der Waals surface area contributed by atoms with Gasteiger partial charge >= 0.3 is 0 Å². The molecule has 1 unspecified atom stereocenters. The predicted octanol–water partition coefficient (Wildman–Crippen LogP) is 0.926. The van der Waals surface area contributed by atoms with Crippen molar-refractivity contribution in [1.82, 2.24) is 14.9 Å². The van der Waals surface area contributed by atoms with Crippen LogP contribution >= 0.6 is 11.5 Å². The van der Waals surface area contributed by atoms with Crippen LogP contribution in [0.5, 0.6) is 0 Å². The lowest BCUT2D eigenvalue weighted by Gasteiger charge is -2.15. The lowest BCUT2D eigenvalue weighted by atomic mass is 10.1. The van der Waals surface area contributed by atoms with E-state index in [0.29, 0.717) is 5.69 Å². The Kier molecular flexibility index (Phi) is 3.60. The average Bonchev–Trinajstić information content (AvgIpc) is 2.65. The van der Waals surface area contributed by atoms with E-state index in [1.165, 1.54) is 0 Å². The quantitative estimate of drug-likeness (QED) is 0.753. The molecule has 0 saturated carbocycles. The van der Waals surface area contributed by atoms with E-state index in [9.17, 15) is 4.79 Å². The van der Waals surface area contributed by atoms with Crippen LogP contribution in [-0.2, 0) is 0 Å². The first-order valence-corrected chi connectivity index (χ1v) is 5.03. The summed E-state index contributed by atoms with van der Waals surface area (Å²) >= 11 is 1.14. The number of terminal acetylenes is 1. The Morgan fingerprint density at radius 3 is 2.86 bits per heavy atom. The van der Waals surface area contributed by atoms with Crippen LogP contribution in [0, 0.1) is 18.3 Å². The van der Waals surface area contributed by atoms with Crippen molar-refractivity contribution in [3.05, 3.63) is 11.1 Å². The molecule has 0 fully saturated rings. The van der Waals surface area contributed by atoms with Gasteiger partial charge in [0.25, 0.3) is 5.91 Å². The number of nitrogens with zero attached hydrogens (tertiary/aromatic N) is 2. The lowest BCUT2D eigenvalue weighted by molar-refractivity contribution is 0.0933. The van der Waals surface area contributed by atoms with E-state index in [-0.39, 0.29) is 17.9 Å². The van der Waals surface area contributed by atoms with Gasteiger partial charge in [-0.15, -0.1) is 11.5 Å². The van der Waals surface area contributed by atoms with Gasteiger partial charge in [-0.1, -0.05) is 24.3 Å². The van der Waals surface area contributed by atoms with Gasteiger partial charge in [-0.05, 0) is 17.5 Å². The van der Waals surface area contributed by atoms with E-state index in [4.69, 9.17) is 6.42 Å². The van der Waals surface area contributed by atoms with Gasteiger partial charge in [0, 0.05) is 5.38 Å². The minimum absolute atomic E-state index is 0.204. The van der Waals surface area contributed by atoms with Crippen molar-refractivity contribution in [3.63, 3.8) is 0 Å². The normalized spacial score (nSPS) is 12.1. The molecular weight excluding hydrogens is 198 g/mol. The van der Waals surface area contributed by atoms with E-state index < -0.39 is 0 Å². The second-order valence-electron chi connectivity index (χ2n) is 3.15. The zero-order valence-corrected chi connectivity index (χ0v) is 8.84. The summed E-state index contributed by atoms with van der Waals surface area (Å²) < 4.78 is 3.60. The minimum Gasteiger partial charge on any atom is -0.337 e. The van der Waals surface area contributed by atoms with E-state index in [2.05, 4.69) is 20.8 Å². The Morgan fingerprint density at radius 2 is 2.43 bits per heavy atom. The number of carbonyl (C=O) groups is 1. The highest BCUT2D eigenvalue weighted by Crippen LogP contribution is 2.02. The molecule has 1 aromatic heterocycles. The molecule has 1 aromatic rings. The number of hydrogen-bond donors (Lipinski definition) is 1. The van der Waals surface area contributed by atoms with Crippen molar-refractivity contribution in [2.75, 3.05) is 0 Å². The standard InChI is InChI=1S/C9H11N3OS/c1-4-7(6(2)3)10-9(13)8-5-14-12-11-8/h1,5-7H,2-3H3,(H,10,13). The third-order valence-electron chi connectivity index (χ3n) is 1.73. The van der Waals surface area contributed by atoms with Crippen LogP contribution in [0.25, 0.3) is 0 Å². The Labute approximate surface area is 86.9 Å². The van der Waals surface area contributed by atoms with Crippen molar-refractivity contribution in [1.29, 1.82) is 0 Å². The molecule has 0 spiro atoms. The smallest absolute Gasteiger partial charge is 0.273 e. The molecule has 5 heteroatoms. The number of amides is 1. The van der Waals surface area contributed by atoms with Gasteiger partial charge in [0.2, 0.25) is 0 Å². The molecule has 1 rings (SSSR count). The molecule has 0 bridgehead atoms. The Hall–Kier alpha value is -1.41. The van der Waals surface area contributed by atoms with E-state index in [1.807, 2.05) is 13.8 Å². The number of rotatable bonds is 3. The van der Waals surface area contributed by atoms with E-state index in [1.54, 1.807) is 5.38 Å². The second kappa shape index (κ2) is 4.72. The van der Waals surface area contributed by atoms with Crippen molar-refractivity contribution in [3.8, 4) is 12.3 Å². The maximum atomic E-state index is 11.5. The van der Waals surface area contributed by atoms with Crippen LogP contribution in [0.3, 0.4) is 0 Å². The van der Waals surface area contributed by atoms with Crippen LogP contribution in [0.15, 0.2) is 5.38 Å². The van der Waals surface area contributed by atoms with Crippen molar-refractivity contribution in [2.45, 2.75) is 19.9 Å².